The highest BCUT2D eigenvalue weighted by Crippen LogP contribution is 2.36. The second kappa shape index (κ2) is 9.59. The van der Waals surface area contributed by atoms with Gasteiger partial charge in [0.1, 0.15) is 0 Å². The van der Waals surface area contributed by atoms with Gasteiger partial charge in [0, 0.05) is 29.8 Å². The zero-order valence-corrected chi connectivity index (χ0v) is 20.3. The number of hydrogen-bond acceptors (Lipinski definition) is 7. The van der Waals surface area contributed by atoms with Crippen molar-refractivity contribution in [3.8, 4) is 28.7 Å². The second-order valence-electron chi connectivity index (χ2n) is 9.17. The molecule has 1 aliphatic heterocycles. The molecule has 2 aromatic carbocycles. The summed E-state index contributed by atoms with van der Waals surface area (Å²) in [4.78, 5) is 11.1. The molecule has 0 atom stereocenters. The monoisotopic (exact) mass is 508 g/mol. The second-order valence-corrected chi connectivity index (χ2v) is 9.17. The van der Waals surface area contributed by atoms with Crippen LogP contribution < -0.4 is 4.90 Å². The van der Waals surface area contributed by atoms with Crippen LogP contribution in [0.15, 0.2) is 73.1 Å². The number of hydrogen-bond donors (Lipinski definition) is 0. The lowest BCUT2D eigenvalue weighted by Crippen LogP contribution is -2.29. The topological polar surface area (TPSA) is 95.9 Å². The Hall–Kier alpha value is -4.78. The average Bonchev–Trinajstić information content (AvgIpc) is 3.42. The van der Waals surface area contributed by atoms with E-state index in [1.165, 1.54) is 18.6 Å². The molecule has 188 valence electrons. The lowest BCUT2D eigenvalue weighted by Gasteiger charge is -2.28. The summed E-state index contributed by atoms with van der Waals surface area (Å²) in [5, 5.41) is 21.3. The number of anilines is 1. The zero-order chi connectivity index (χ0) is 26.1. The van der Waals surface area contributed by atoms with Crippen LogP contribution in [-0.2, 0) is 5.92 Å². The number of alkyl halides is 2. The Kier molecular flexibility index (Phi) is 5.96. The van der Waals surface area contributed by atoms with Crippen molar-refractivity contribution in [2.45, 2.75) is 25.2 Å². The van der Waals surface area contributed by atoms with Crippen LogP contribution >= 0.6 is 0 Å². The summed E-state index contributed by atoms with van der Waals surface area (Å²) in [6.45, 7) is 1.94. The molecule has 4 heterocycles. The third kappa shape index (κ3) is 4.32. The first-order chi connectivity index (χ1) is 18.5. The Labute approximate surface area is 217 Å². The molecule has 1 saturated heterocycles. The number of nitrogens with zero attached hydrogens (tertiary/aromatic N) is 8. The first kappa shape index (κ1) is 23.6. The van der Waals surface area contributed by atoms with Crippen LogP contribution in [0.3, 0.4) is 0 Å². The lowest BCUT2D eigenvalue weighted by molar-refractivity contribution is 0.0307. The van der Waals surface area contributed by atoms with E-state index in [0.29, 0.717) is 28.2 Å². The van der Waals surface area contributed by atoms with Crippen molar-refractivity contribution in [1.82, 2.24) is 29.8 Å². The van der Waals surface area contributed by atoms with Gasteiger partial charge < -0.3 is 4.90 Å². The van der Waals surface area contributed by atoms with Gasteiger partial charge in [0.25, 0.3) is 0 Å². The fourth-order valence-electron chi connectivity index (χ4n) is 4.66. The van der Waals surface area contributed by atoms with Gasteiger partial charge in [-0.05, 0) is 49.6 Å². The molecular weight excluding hydrogens is 486 g/mol. The average molecular weight is 509 g/mol. The standard InChI is InChI=1S/C28H22F2N8/c29-28(30,27-35-34-25-11-10-24(36-38(25)27)20-7-4-6-19(14-20)16-31)22-9-5-8-21(15-22)26-32-17-23(18-33-26)37-12-2-1-3-13-37/h4-11,14-15,17-18H,1-3,12-13H2. The lowest BCUT2D eigenvalue weighted by atomic mass is 10.0. The van der Waals surface area contributed by atoms with Crippen LogP contribution in [0.25, 0.3) is 28.3 Å². The summed E-state index contributed by atoms with van der Waals surface area (Å²) in [6.07, 6.45) is 7.00. The highest BCUT2D eigenvalue weighted by Gasteiger charge is 2.40. The van der Waals surface area contributed by atoms with Crippen molar-refractivity contribution < 1.29 is 8.78 Å². The minimum atomic E-state index is -3.50. The molecule has 0 bridgehead atoms. The van der Waals surface area contributed by atoms with E-state index in [9.17, 15) is 5.26 Å². The highest BCUT2D eigenvalue weighted by atomic mass is 19.3. The fraction of sp³-hybridized carbons (Fsp3) is 0.214. The maximum Gasteiger partial charge on any atom is 0.333 e. The maximum absolute atomic E-state index is 15.9. The van der Waals surface area contributed by atoms with Crippen LogP contribution in [0.5, 0.6) is 0 Å². The molecule has 0 aliphatic carbocycles. The van der Waals surface area contributed by atoms with Crippen molar-refractivity contribution >= 4 is 11.3 Å². The summed E-state index contributed by atoms with van der Waals surface area (Å²) in [5.41, 5.74) is 2.82. The molecule has 38 heavy (non-hydrogen) atoms. The third-order valence-corrected chi connectivity index (χ3v) is 6.67. The molecule has 0 radical (unpaired) electrons. The van der Waals surface area contributed by atoms with Crippen molar-refractivity contribution in [2.24, 2.45) is 0 Å². The van der Waals surface area contributed by atoms with Gasteiger partial charge in [0.05, 0.1) is 35.4 Å². The number of aromatic nitrogens is 6. The van der Waals surface area contributed by atoms with Crippen LogP contribution in [0, 0.1) is 11.3 Å². The molecule has 6 rings (SSSR count). The first-order valence-corrected chi connectivity index (χ1v) is 12.3. The van der Waals surface area contributed by atoms with E-state index in [1.807, 2.05) is 0 Å². The number of rotatable bonds is 5. The molecule has 5 aromatic rings. The van der Waals surface area contributed by atoms with Crippen LogP contribution in [0.4, 0.5) is 14.5 Å². The molecule has 0 amide bonds. The summed E-state index contributed by atoms with van der Waals surface area (Å²) in [6, 6.07) is 18.1. The van der Waals surface area contributed by atoms with E-state index in [-0.39, 0.29) is 11.2 Å². The van der Waals surface area contributed by atoms with E-state index in [1.54, 1.807) is 60.9 Å². The summed E-state index contributed by atoms with van der Waals surface area (Å²) in [7, 11) is 0. The Morgan fingerprint density at radius 3 is 2.39 bits per heavy atom. The van der Waals surface area contributed by atoms with Crippen molar-refractivity contribution in [3.63, 3.8) is 0 Å². The van der Waals surface area contributed by atoms with Gasteiger partial charge in [-0.3, -0.25) is 0 Å². The maximum atomic E-state index is 15.9. The first-order valence-electron chi connectivity index (χ1n) is 12.3. The van der Waals surface area contributed by atoms with E-state index >= 15 is 8.78 Å². The molecule has 0 saturated carbocycles. The van der Waals surface area contributed by atoms with E-state index in [2.05, 4.69) is 36.2 Å². The molecule has 0 unspecified atom stereocenters. The Morgan fingerprint density at radius 1 is 0.842 bits per heavy atom. The molecule has 1 fully saturated rings. The van der Waals surface area contributed by atoms with Crippen LogP contribution in [-0.4, -0.2) is 42.9 Å². The quantitative estimate of drug-likeness (QED) is 0.320. The van der Waals surface area contributed by atoms with Gasteiger partial charge in [-0.25, -0.2) is 9.97 Å². The van der Waals surface area contributed by atoms with Gasteiger partial charge >= 0.3 is 5.92 Å². The van der Waals surface area contributed by atoms with Crippen molar-refractivity contribution in [1.29, 1.82) is 5.26 Å². The molecule has 10 heteroatoms. The summed E-state index contributed by atoms with van der Waals surface area (Å²) < 4.78 is 32.8. The fourth-order valence-corrected chi connectivity index (χ4v) is 4.66. The van der Waals surface area contributed by atoms with Gasteiger partial charge in [-0.2, -0.15) is 23.7 Å². The zero-order valence-electron chi connectivity index (χ0n) is 20.3. The number of fused-ring (bicyclic) bond motifs is 1. The van der Waals surface area contributed by atoms with E-state index in [0.717, 1.165) is 36.1 Å². The van der Waals surface area contributed by atoms with Gasteiger partial charge in [-0.15, -0.1) is 10.2 Å². The normalized spacial score (nSPS) is 14.0. The van der Waals surface area contributed by atoms with Gasteiger partial charge in [0.2, 0.25) is 5.82 Å². The predicted octanol–water partition coefficient (Wildman–Crippen LogP) is 5.25. The number of nitriles is 1. The smallest absolute Gasteiger partial charge is 0.333 e. The minimum absolute atomic E-state index is 0.188. The highest BCUT2D eigenvalue weighted by molar-refractivity contribution is 5.63. The van der Waals surface area contributed by atoms with Crippen molar-refractivity contribution in [2.75, 3.05) is 18.0 Å². The Balaban J connectivity index is 1.33. The summed E-state index contributed by atoms with van der Waals surface area (Å²) >= 11 is 0. The molecule has 1 aliphatic rings. The SMILES string of the molecule is N#Cc1cccc(-c2ccc3nnc(C(F)(F)c4cccc(-c5ncc(N6CCCCC6)cn5)c4)n3n2)c1. The summed E-state index contributed by atoms with van der Waals surface area (Å²) in [5.74, 6) is -3.74. The molecule has 0 spiro atoms. The molecule has 0 N–H and O–H groups in total. The van der Waals surface area contributed by atoms with Crippen molar-refractivity contribution in [3.05, 3.63) is 90.0 Å². The predicted molar refractivity (Wildman–Crippen MR) is 137 cm³/mol. The number of benzene rings is 2. The van der Waals surface area contributed by atoms with Gasteiger partial charge in [0.15, 0.2) is 11.5 Å². The number of piperidine rings is 1. The van der Waals surface area contributed by atoms with Gasteiger partial charge in [-0.1, -0.05) is 30.3 Å². The van der Waals surface area contributed by atoms with Crippen LogP contribution in [0.1, 0.15) is 36.2 Å². The Bertz CT molecular complexity index is 1650. The minimum Gasteiger partial charge on any atom is -0.369 e. The largest absolute Gasteiger partial charge is 0.369 e. The molecular formula is C28H22F2N8. The van der Waals surface area contributed by atoms with E-state index < -0.39 is 11.7 Å². The Morgan fingerprint density at radius 2 is 1.61 bits per heavy atom. The third-order valence-electron chi connectivity index (χ3n) is 6.67. The number of halogens is 2. The molecule has 8 nitrogen and oxygen atoms in total. The van der Waals surface area contributed by atoms with Crippen LogP contribution in [0.2, 0.25) is 0 Å². The molecule has 3 aromatic heterocycles. The van der Waals surface area contributed by atoms with E-state index in [4.69, 9.17) is 0 Å².